The fourth-order valence-electron chi connectivity index (χ4n) is 2.97. The fraction of sp³-hybridized carbons (Fsp3) is 0.158. The van der Waals surface area contributed by atoms with Crippen LogP contribution in [0.1, 0.15) is 5.82 Å². The standard InChI is InChI=1S/C19H16ClN5O3/c1-12-21-7-8-24(12)19-14(3-2-6-22-19)23-17(26)10-25-15-9-13(20)4-5-16(15)28-11-18(25)27/h2-9H,10-11H2,1H3,(H,23,26). The molecule has 28 heavy (non-hydrogen) atoms. The largest absolute Gasteiger partial charge is 0.482 e. The van der Waals surface area contributed by atoms with Gasteiger partial charge in [-0.05, 0) is 37.3 Å². The summed E-state index contributed by atoms with van der Waals surface area (Å²) in [6.07, 6.45) is 5.05. The lowest BCUT2D eigenvalue weighted by atomic mass is 10.2. The summed E-state index contributed by atoms with van der Waals surface area (Å²) in [5.41, 5.74) is 0.983. The highest BCUT2D eigenvalue weighted by molar-refractivity contribution is 6.31. The molecule has 2 amide bonds. The highest BCUT2D eigenvalue weighted by Gasteiger charge is 2.28. The number of halogens is 1. The van der Waals surface area contributed by atoms with Gasteiger partial charge in [0.25, 0.3) is 5.91 Å². The van der Waals surface area contributed by atoms with Gasteiger partial charge in [-0.3, -0.25) is 19.1 Å². The highest BCUT2D eigenvalue weighted by atomic mass is 35.5. The maximum atomic E-state index is 12.7. The van der Waals surface area contributed by atoms with Gasteiger partial charge in [0.15, 0.2) is 12.4 Å². The Bertz CT molecular complexity index is 1070. The van der Waals surface area contributed by atoms with Crippen LogP contribution in [0.3, 0.4) is 0 Å². The van der Waals surface area contributed by atoms with Gasteiger partial charge >= 0.3 is 0 Å². The van der Waals surface area contributed by atoms with Crippen LogP contribution in [0.2, 0.25) is 5.02 Å². The molecule has 2 aromatic heterocycles. The van der Waals surface area contributed by atoms with E-state index in [2.05, 4.69) is 15.3 Å². The molecule has 0 saturated carbocycles. The number of nitrogens with zero attached hydrogens (tertiary/aromatic N) is 4. The molecule has 4 rings (SSSR count). The molecule has 1 aliphatic rings. The molecule has 1 aliphatic heterocycles. The van der Waals surface area contributed by atoms with Crippen molar-refractivity contribution in [2.24, 2.45) is 0 Å². The molecule has 0 radical (unpaired) electrons. The summed E-state index contributed by atoms with van der Waals surface area (Å²) in [5, 5.41) is 3.27. The number of hydrogen-bond donors (Lipinski definition) is 1. The van der Waals surface area contributed by atoms with E-state index in [1.807, 2.05) is 6.92 Å². The van der Waals surface area contributed by atoms with Gasteiger partial charge in [0.1, 0.15) is 18.1 Å². The molecule has 1 N–H and O–H groups in total. The van der Waals surface area contributed by atoms with Crippen molar-refractivity contribution in [1.29, 1.82) is 0 Å². The second-order valence-electron chi connectivity index (χ2n) is 6.15. The van der Waals surface area contributed by atoms with E-state index in [1.54, 1.807) is 53.5 Å². The molecule has 0 spiro atoms. The number of pyridine rings is 1. The maximum absolute atomic E-state index is 12.7. The first kappa shape index (κ1) is 18.0. The third-order valence-corrected chi connectivity index (χ3v) is 4.52. The van der Waals surface area contributed by atoms with Crippen molar-refractivity contribution in [3.05, 3.63) is 59.8 Å². The summed E-state index contributed by atoms with van der Waals surface area (Å²) >= 11 is 6.04. The van der Waals surface area contributed by atoms with Crippen LogP contribution in [-0.4, -0.2) is 39.5 Å². The number of amides is 2. The van der Waals surface area contributed by atoms with E-state index < -0.39 is 0 Å². The molecular formula is C19H16ClN5O3. The van der Waals surface area contributed by atoms with E-state index in [0.29, 0.717) is 28.0 Å². The predicted molar refractivity (Wildman–Crippen MR) is 104 cm³/mol. The van der Waals surface area contributed by atoms with Crippen molar-refractivity contribution in [3.8, 4) is 11.6 Å². The molecule has 0 aliphatic carbocycles. The van der Waals surface area contributed by atoms with E-state index in [-0.39, 0.29) is 25.0 Å². The van der Waals surface area contributed by atoms with E-state index in [0.717, 1.165) is 5.82 Å². The number of fused-ring (bicyclic) bond motifs is 1. The van der Waals surface area contributed by atoms with Gasteiger partial charge in [0.2, 0.25) is 5.91 Å². The summed E-state index contributed by atoms with van der Waals surface area (Å²) in [6.45, 7) is 1.54. The third-order valence-electron chi connectivity index (χ3n) is 4.28. The lowest BCUT2D eigenvalue weighted by Gasteiger charge is -2.29. The minimum absolute atomic E-state index is 0.131. The van der Waals surface area contributed by atoms with Crippen LogP contribution < -0.4 is 15.0 Å². The molecule has 0 saturated heterocycles. The molecule has 0 fully saturated rings. The zero-order valence-corrected chi connectivity index (χ0v) is 15.7. The molecule has 0 bridgehead atoms. The Hall–Kier alpha value is -3.39. The van der Waals surface area contributed by atoms with E-state index in [4.69, 9.17) is 16.3 Å². The Morgan fingerprint density at radius 3 is 2.93 bits per heavy atom. The van der Waals surface area contributed by atoms with Gasteiger partial charge in [-0.2, -0.15) is 0 Å². The lowest BCUT2D eigenvalue weighted by Crippen LogP contribution is -2.43. The number of anilines is 2. The number of imidazole rings is 1. The number of hydrogen-bond acceptors (Lipinski definition) is 5. The van der Waals surface area contributed by atoms with Crippen LogP contribution in [0.4, 0.5) is 11.4 Å². The van der Waals surface area contributed by atoms with Gasteiger partial charge < -0.3 is 10.1 Å². The molecule has 3 aromatic rings. The first-order valence-corrected chi connectivity index (χ1v) is 8.88. The van der Waals surface area contributed by atoms with Crippen LogP contribution in [0.5, 0.6) is 5.75 Å². The molecule has 0 unspecified atom stereocenters. The molecule has 9 heteroatoms. The number of carbonyl (C=O) groups excluding carboxylic acids is 2. The minimum Gasteiger partial charge on any atom is -0.482 e. The number of aromatic nitrogens is 3. The van der Waals surface area contributed by atoms with Gasteiger partial charge in [-0.25, -0.2) is 9.97 Å². The number of carbonyl (C=O) groups is 2. The van der Waals surface area contributed by atoms with Crippen LogP contribution in [-0.2, 0) is 9.59 Å². The maximum Gasteiger partial charge on any atom is 0.265 e. The Morgan fingerprint density at radius 2 is 2.14 bits per heavy atom. The summed E-state index contributed by atoms with van der Waals surface area (Å²) in [7, 11) is 0. The number of nitrogens with one attached hydrogen (secondary N) is 1. The Kier molecular flexibility index (Phi) is 4.70. The molecule has 3 heterocycles. The van der Waals surface area contributed by atoms with Crippen molar-refractivity contribution < 1.29 is 14.3 Å². The van der Waals surface area contributed by atoms with E-state index in [9.17, 15) is 9.59 Å². The topological polar surface area (TPSA) is 89.4 Å². The second-order valence-corrected chi connectivity index (χ2v) is 6.58. The Labute approximate surface area is 165 Å². The van der Waals surface area contributed by atoms with Crippen LogP contribution in [0.25, 0.3) is 5.82 Å². The average molecular weight is 398 g/mol. The molecular weight excluding hydrogens is 382 g/mol. The number of aryl methyl sites for hydroxylation is 1. The Balaban J connectivity index is 1.58. The van der Waals surface area contributed by atoms with E-state index >= 15 is 0 Å². The summed E-state index contributed by atoms with van der Waals surface area (Å²) in [4.78, 5) is 34.9. The lowest BCUT2D eigenvalue weighted by molar-refractivity contribution is -0.123. The number of benzene rings is 1. The first-order valence-electron chi connectivity index (χ1n) is 8.51. The third kappa shape index (κ3) is 3.41. The predicted octanol–water partition coefficient (Wildman–Crippen LogP) is 2.59. The van der Waals surface area contributed by atoms with E-state index in [1.165, 1.54) is 4.90 Å². The minimum atomic E-state index is -0.367. The smallest absolute Gasteiger partial charge is 0.265 e. The molecule has 0 atom stereocenters. The van der Waals surface area contributed by atoms with Crippen LogP contribution >= 0.6 is 11.6 Å². The Morgan fingerprint density at radius 1 is 1.29 bits per heavy atom. The summed E-state index contributed by atoms with van der Waals surface area (Å²) in [5.74, 6) is 1.10. The molecule has 142 valence electrons. The quantitative estimate of drug-likeness (QED) is 0.730. The normalized spacial score (nSPS) is 13.1. The van der Waals surface area contributed by atoms with Gasteiger partial charge in [-0.15, -0.1) is 0 Å². The summed E-state index contributed by atoms with van der Waals surface area (Å²) < 4.78 is 7.17. The zero-order chi connectivity index (χ0) is 19.7. The monoisotopic (exact) mass is 397 g/mol. The van der Waals surface area contributed by atoms with Crippen molar-refractivity contribution >= 4 is 34.8 Å². The van der Waals surface area contributed by atoms with Gasteiger partial charge in [0, 0.05) is 23.6 Å². The van der Waals surface area contributed by atoms with Crippen molar-refractivity contribution in [2.45, 2.75) is 6.92 Å². The fourth-order valence-corrected chi connectivity index (χ4v) is 3.14. The van der Waals surface area contributed by atoms with Crippen LogP contribution in [0.15, 0.2) is 48.9 Å². The second kappa shape index (κ2) is 7.32. The van der Waals surface area contributed by atoms with Gasteiger partial charge in [-0.1, -0.05) is 11.6 Å². The number of rotatable bonds is 4. The van der Waals surface area contributed by atoms with Crippen molar-refractivity contribution in [2.75, 3.05) is 23.4 Å². The molecule has 8 nitrogen and oxygen atoms in total. The first-order chi connectivity index (χ1) is 13.5. The number of ether oxygens (including phenoxy) is 1. The average Bonchev–Trinajstić information content (AvgIpc) is 3.10. The molecule has 1 aromatic carbocycles. The SMILES string of the molecule is Cc1nccn1-c1ncccc1NC(=O)CN1C(=O)COc2ccc(Cl)cc21. The van der Waals surface area contributed by atoms with Crippen molar-refractivity contribution in [1.82, 2.24) is 14.5 Å². The van der Waals surface area contributed by atoms with Crippen molar-refractivity contribution in [3.63, 3.8) is 0 Å². The summed E-state index contributed by atoms with van der Waals surface area (Å²) in [6, 6.07) is 8.41. The van der Waals surface area contributed by atoms with Gasteiger partial charge in [0.05, 0.1) is 11.4 Å². The highest BCUT2D eigenvalue weighted by Crippen LogP contribution is 2.34. The zero-order valence-electron chi connectivity index (χ0n) is 14.9. The van der Waals surface area contributed by atoms with Crippen LogP contribution in [0, 0.1) is 6.92 Å².